The minimum atomic E-state index is -2.35. The normalized spacial score (nSPS) is 13.2. The summed E-state index contributed by atoms with van der Waals surface area (Å²) in [7, 11) is 3.25. The quantitative estimate of drug-likeness (QED) is 0.633. The molecule has 1 N–H and O–H groups in total. The van der Waals surface area contributed by atoms with Crippen molar-refractivity contribution in [3.05, 3.63) is 0 Å². The molecule has 6 heteroatoms. The maximum Gasteiger partial charge on any atom is 0.323 e. The predicted octanol–water partition coefficient (Wildman–Crippen LogP) is 0.724. The Morgan fingerprint density at radius 3 is 2.56 bits per heavy atom. The van der Waals surface area contributed by atoms with Gasteiger partial charge in [-0.15, -0.1) is 0 Å². The predicted molar refractivity (Wildman–Crippen MR) is 57.6 cm³/mol. The van der Waals surface area contributed by atoms with Gasteiger partial charge in [-0.25, -0.2) is 8.78 Å². The molecule has 0 aromatic rings. The highest BCUT2D eigenvalue weighted by Crippen LogP contribution is 2.00. The van der Waals surface area contributed by atoms with Crippen LogP contribution in [0.25, 0.3) is 0 Å². The van der Waals surface area contributed by atoms with Crippen LogP contribution in [0.5, 0.6) is 0 Å². The first-order chi connectivity index (χ1) is 7.51. The lowest BCUT2D eigenvalue weighted by Gasteiger charge is -2.19. The van der Waals surface area contributed by atoms with Gasteiger partial charge in [-0.3, -0.25) is 4.79 Å². The Hall–Kier alpha value is -0.750. The Labute approximate surface area is 94.9 Å². The standard InChI is InChI=1S/C10H20F2N2O2/c1-4-16-10(15)8(13-2)5-6-14(3)7-9(11)12/h8-9,13H,4-7H2,1-3H3. The van der Waals surface area contributed by atoms with E-state index in [0.29, 0.717) is 19.6 Å². The van der Waals surface area contributed by atoms with Crippen molar-refractivity contribution in [1.29, 1.82) is 0 Å². The Morgan fingerprint density at radius 2 is 2.12 bits per heavy atom. The molecule has 0 aliphatic heterocycles. The molecule has 0 fully saturated rings. The van der Waals surface area contributed by atoms with E-state index in [9.17, 15) is 13.6 Å². The van der Waals surface area contributed by atoms with Crippen molar-refractivity contribution in [1.82, 2.24) is 10.2 Å². The number of esters is 1. The van der Waals surface area contributed by atoms with Gasteiger partial charge in [-0.2, -0.15) is 0 Å². The number of nitrogens with one attached hydrogen (secondary N) is 1. The van der Waals surface area contributed by atoms with Gasteiger partial charge in [0.15, 0.2) is 0 Å². The second-order valence-corrected chi connectivity index (χ2v) is 3.54. The van der Waals surface area contributed by atoms with Crippen LogP contribution in [0.1, 0.15) is 13.3 Å². The Balaban J connectivity index is 3.90. The van der Waals surface area contributed by atoms with E-state index in [1.54, 1.807) is 21.0 Å². The topological polar surface area (TPSA) is 41.6 Å². The van der Waals surface area contributed by atoms with Gasteiger partial charge in [0.2, 0.25) is 0 Å². The molecule has 0 aliphatic carbocycles. The number of ether oxygens (including phenoxy) is 1. The first kappa shape index (κ1) is 15.2. The molecule has 0 aromatic heterocycles. The van der Waals surface area contributed by atoms with Crippen molar-refractivity contribution in [2.45, 2.75) is 25.8 Å². The molecule has 16 heavy (non-hydrogen) atoms. The van der Waals surface area contributed by atoms with Crippen LogP contribution in [-0.4, -0.2) is 57.1 Å². The summed E-state index contributed by atoms with van der Waals surface area (Å²) >= 11 is 0. The van der Waals surface area contributed by atoms with E-state index in [1.165, 1.54) is 4.90 Å². The van der Waals surface area contributed by atoms with Crippen LogP contribution in [0.4, 0.5) is 8.78 Å². The first-order valence-electron chi connectivity index (χ1n) is 5.31. The van der Waals surface area contributed by atoms with E-state index in [0.717, 1.165) is 0 Å². The number of carbonyl (C=O) groups excluding carboxylic acids is 1. The highest BCUT2D eigenvalue weighted by Gasteiger charge is 2.18. The van der Waals surface area contributed by atoms with E-state index in [1.807, 2.05) is 0 Å². The smallest absolute Gasteiger partial charge is 0.323 e. The molecule has 0 heterocycles. The van der Waals surface area contributed by atoms with Crippen LogP contribution in [0.2, 0.25) is 0 Å². The molecule has 0 amide bonds. The Bertz CT molecular complexity index is 203. The minimum absolute atomic E-state index is 0.279. The third-order valence-corrected chi connectivity index (χ3v) is 2.17. The van der Waals surface area contributed by atoms with Gasteiger partial charge >= 0.3 is 5.97 Å². The molecule has 0 bridgehead atoms. The summed E-state index contributed by atoms with van der Waals surface area (Å²) in [5, 5.41) is 2.81. The van der Waals surface area contributed by atoms with Crippen LogP contribution in [0, 0.1) is 0 Å². The number of carbonyl (C=O) groups is 1. The Morgan fingerprint density at radius 1 is 1.50 bits per heavy atom. The maximum atomic E-state index is 12.0. The molecule has 1 unspecified atom stereocenters. The molecular formula is C10H20F2N2O2. The van der Waals surface area contributed by atoms with E-state index < -0.39 is 12.5 Å². The van der Waals surface area contributed by atoms with Crippen LogP contribution in [-0.2, 0) is 9.53 Å². The van der Waals surface area contributed by atoms with Gasteiger partial charge in [0.05, 0.1) is 13.2 Å². The monoisotopic (exact) mass is 238 g/mol. The number of rotatable bonds is 8. The van der Waals surface area contributed by atoms with E-state index in [2.05, 4.69) is 5.32 Å². The van der Waals surface area contributed by atoms with Gasteiger partial charge in [0.25, 0.3) is 6.43 Å². The highest BCUT2D eigenvalue weighted by atomic mass is 19.3. The van der Waals surface area contributed by atoms with Crippen LogP contribution < -0.4 is 5.32 Å². The van der Waals surface area contributed by atoms with Gasteiger partial charge in [0.1, 0.15) is 6.04 Å². The summed E-state index contributed by atoms with van der Waals surface area (Å²) in [4.78, 5) is 12.9. The van der Waals surface area contributed by atoms with E-state index in [-0.39, 0.29) is 12.5 Å². The molecule has 0 aromatic carbocycles. The fourth-order valence-electron chi connectivity index (χ4n) is 1.30. The van der Waals surface area contributed by atoms with Crippen LogP contribution >= 0.6 is 0 Å². The molecule has 0 spiro atoms. The molecule has 0 rings (SSSR count). The lowest BCUT2D eigenvalue weighted by Crippen LogP contribution is -2.39. The summed E-state index contributed by atoms with van der Waals surface area (Å²) in [5.41, 5.74) is 0. The number of hydrogen-bond donors (Lipinski definition) is 1. The van der Waals surface area contributed by atoms with Crippen molar-refractivity contribution in [3.8, 4) is 0 Å². The van der Waals surface area contributed by atoms with Crippen LogP contribution in [0.3, 0.4) is 0 Å². The molecule has 4 nitrogen and oxygen atoms in total. The molecule has 96 valence electrons. The third kappa shape index (κ3) is 6.68. The van der Waals surface area contributed by atoms with Crippen molar-refractivity contribution in [2.75, 3.05) is 33.8 Å². The zero-order chi connectivity index (χ0) is 12.6. The largest absolute Gasteiger partial charge is 0.465 e. The maximum absolute atomic E-state index is 12.0. The van der Waals surface area contributed by atoms with E-state index in [4.69, 9.17) is 4.74 Å². The average molecular weight is 238 g/mol. The zero-order valence-electron chi connectivity index (χ0n) is 10.0. The summed E-state index contributed by atoms with van der Waals surface area (Å²) in [5.74, 6) is -0.338. The molecule has 0 aliphatic rings. The summed E-state index contributed by atoms with van der Waals surface area (Å²) in [6.07, 6.45) is -1.89. The van der Waals surface area contributed by atoms with Gasteiger partial charge in [0, 0.05) is 6.54 Å². The number of alkyl halides is 2. The second-order valence-electron chi connectivity index (χ2n) is 3.54. The molecular weight excluding hydrogens is 218 g/mol. The van der Waals surface area contributed by atoms with Gasteiger partial charge in [-0.05, 0) is 27.4 Å². The van der Waals surface area contributed by atoms with Crippen molar-refractivity contribution < 1.29 is 18.3 Å². The number of halogens is 2. The summed E-state index contributed by atoms with van der Waals surface area (Å²) < 4.78 is 28.9. The van der Waals surface area contributed by atoms with Crippen molar-refractivity contribution in [3.63, 3.8) is 0 Å². The number of nitrogens with zero attached hydrogens (tertiary/aromatic N) is 1. The lowest BCUT2D eigenvalue weighted by atomic mass is 10.2. The summed E-state index contributed by atoms with van der Waals surface area (Å²) in [6.45, 7) is 2.20. The SMILES string of the molecule is CCOC(=O)C(CCN(C)CC(F)F)NC. The minimum Gasteiger partial charge on any atom is -0.465 e. The van der Waals surface area contributed by atoms with Gasteiger partial charge < -0.3 is 15.0 Å². The molecule has 1 atom stereocenters. The molecule has 0 radical (unpaired) electrons. The fourth-order valence-corrected chi connectivity index (χ4v) is 1.30. The van der Waals surface area contributed by atoms with Crippen LogP contribution in [0.15, 0.2) is 0 Å². The van der Waals surface area contributed by atoms with E-state index >= 15 is 0 Å². The number of likely N-dealkylation sites (N-methyl/N-ethyl adjacent to an activating group) is 1. The summed E-state index contributed by atoms with van der Waals surface area (Å²) in [6, 6.07) is -0.430. The fraction of sp³-hybridized carbons (Fsp3) is 0.900. The molecule has 0 saturated carbocycles. The first-order valence-corrected chi connectivity index (χ1v) is 5.31. The third-order valence-electron chi connectivity index (χ3n) is 2.17. The average Bonchev–Trinajstić information content (AvgIpc) is 2.17. The highest BCUT2D eigenvalue weighted by molar-refractivity contribution is 5.75. The lowest BCUT2D eigenvalue weighted by molar-refractivity contribution is -0.145. The van der Waals surface area contributed by atoms with Gasteiger partial charge in [-0.1, -0.05) is 0 Å². The second kappa shape index (κ2) is 8.41. The number of hydrogen-bond acceptors (Lipinski definition) is 4. The molecule has 0 saturated heterocycles. The Kier molecular flexibility index (Phi) is 8.01. The zero-order valence-corrected chi connectivity index (χ0v) is 10.0. The van der Waals surface area contributed by atoms with Crippen molar-refractivity contribution in [2.24, 2.45) is 0 Å². The van der Waals surface area contributed by atoms with Crippen molar-refractivity contribution >= 4 is 5.97 Å².